The standard InChI is InChI=1S/C36H45FN8O2S.C2H6/c1-7-27(37)13-10-25(4)34-30-22-28(14-17-31(30)41-42-34)40-36(47)32(48-6)23-43(9-3)24-33(46)45-20-18-44(19-21-45)29-15-11-26(12-16-29)35(38-5)39-8-2;1-2/h7-8,10-17,22,25,32H,2,5,9,18-21,23-24H2,1,3-4,6H3,(H,40,47)(H,41,42);1-2H3/b13-10-,27-7+,39-35?;. The van der Waals surface area contributed by atoms with Crippen LogP contribution in [0.15, 0.2) is 89.3 Å². The Labute approximate surface area is 300 Å². The lowest BCUT2D eigenvalue weighted by molar-refractivity contribution is -0.133. The highest BCUT2D eigenvalue weighted by atomic mass is 32.2. The molecule has 12 heteroatoms. The Bertz CT molecular complexity index is 1680. The van der Waals surface area contributed by atoms with Crippen LogP contribution >= 0.6 is 11.8 Å². The first kappa shape index (κ1) is 39.9. The first-order valence-electron chi connectivity index (χ1n) is 17.0. The molecule has 1 fully saturated rings. The van der Waals surface area contributed by atoms with Crippen molar-refractivity contribution in [3.63, 3.8) is 0 Å². The fourth-order valence-corrected chi connectivity index (χ4v) is 6.16. The number of rotatable bonds is 14. The van der Waals surface area contributed by atoms with Crippen LogP contribution in [0.5, 0.6) is 0 Å². The number of anilines is 2. The highest BCUT2D eigenvalue weighted by Crippen LogP contribution is 2.28. The minimum atomic E-state index is -0.379. The first-order valence-corrected chi connectivity index (χ1v) is 18.3. The molecule has 1 saturated heterocycles. The largest absolute Gasteiger partial charge is 0.368 e. The number of amides is 2. The first-order chi connectivity index (χ1) is 24.2. The van der Waals surface area contributed by atoms with Crippen LogP contribution in [0.25, 0.3) is 10.9 Å². The Hall–Kier alpha value is -4.55. The van der Waals surface area contributed by atoms with Crippen molar-refractivity contribution in [2.24, 2.45) is 9.98 Å². The van der Waals surface area contributed by atoms with Gasteiger partial charge in [0.15, 0.2) is 5.84 Å². The van der Waals surface area contributed by atoms with Crippen molar-refractivity contribution in [1.29, 1.82) is 0 Å². The van der Waals surface area contributed by atoms with Crippen molar-refractivity contribution in [2.45, 2.75) is 45.8 Å². The molecule has 10 nitrogen and oxygen atoms in total. The third-order valence-corrected chi connectivity index (χ3v) is 9.35. The van der Waals surface area contributed by atoms with E-state index < -0.39 is 0 Å². The molecule has 0 aliphatic carbocycles. The average molecular weight is 703 g/mol. The minimum absolute atomic E-state index is 0.0601. The molecule has 0 spiro atoms. The summed E-state index contributed by atoms with van der Waals surface area (Å²) in [4.78, 5) is 41.0. The van der Waals surface area contributed by atoms with Gasteiger partial charge < -0.3 is 15.1 Å². The summed E-state index contributed by atoms with van der Waals surface area (Å²) in [5.41, 5.74) is 4.20. The number of aromatic nitrogens is 2. The van der Waals surface area contributed by atoms with Gasteiger partial charge in [0.25, 0.3) is 0 Å². The van der Waals surface area contributed by atoms with E-state index in [2.05, 4.69) is 43.7 Å². The Morgan fingerprint density at radius 2 is 1.86 bits per heavy atom. The summed E-state index contributed by atoms with van der Waals surface area (Å²) in [6, 6.07) is 13.5. The van der Waals surface area contributed by atoms with Gasteiger partial charge in [0, 0.05) is 72.9 Å². The average Bonchev–Trinajstić information content (AvgIpc) is 3.58. The molecule has 0 radical (unpaired) electrons. The van der Waals surface area contributed by atoms with Crippen LogP contribution in [-0.2, 0) is 9.59 Å². The fraction of sp³-hybridized carbons (Fsp3) is 0.395. The molecule has 0 bridgehead atoms. The van der Waals surface area contributed by atoms with E-state index in [0.29, 0.717) is 37.7 Å². The number of fused-ring (bicyclic) bond motifs is 1. The van der Waals surface area contributed by atoms with Gasteiger partial charge >= 0.3 is 0 Å². The highest BCUT2D eigenvalue weighted by molar-refractivity contribution is 8.00. The number of H-pyrrole nitrogens is 1. The SMILES string of the molecule is C=CN=C(N=C)c1ccc(N2CCN(C(=O)CN(CC)CC(SC)C(=O)Nc3ccc4n[nH]c(C(C)/C=C\C(F)=C/C)c4c3)CC2)cc1.CC. The van der Waals surface area contributed by atoms with Gasteiger partial charge in [0.2, 0.25) is 11.8 Å². The van der Waals surface area contributed by atoms with Gasteiger partial charge in [-0.05, 0) is 75.0 Å². The zero-order valence-corrected chi connectivity index (χ0v) is 31.0. The number of thioether (sulfide) groups is 1. The predicted octanol–water partition coefficient (Wildman–Crippen LogP) is 7.05. The lowest BCUT2D eigenvalue weighted by atomic mass is 10.0. The zero-order chi connectivity index (χ0) is 36.6. The van der Waals surface area contributed by atoms with Crippen molar-refractivity contribution in [3.8, 4) is 0 Å². The van der Waals surface area contributed by atoms with Crippen molar-refractivity contribution in [3.05, 3.63) is 90.6 Å². The number of amidine groups is 1. The van der Waals surface area contributed by atoms with Crippen LogP contribution in [0.3, 0.4) is 0 Å². The third-order valence-electron chi connectivity index (χ3n) is 8.42. The van der Waals surface area contributed by atoms with E-state index in [1.165, 1.54) is 30.1 Å². The summed E-state index contributed by atoms with van der Waals surface area (Å²) >= 11 is 1.46. The monoisotopic (exact) mass is 702 g/mol. The number of carbonyl (C=O) groups excluding carboxylic acids is 2. The Balaban J connectivity index is 0.00000332. The summed E-state index contributed by atoms with van der Waals surface area (Å²) in [5, 5.41) is 11.0. The van der Waals surface area contributed by atoms with Crippen LogP contribution in [0.4, 0.5) is 15.8 Å². The molecule has 2 unspecified atom stereocenters. The quantitative estimate of drug-likeness (QED) is 0.106. The number of hydrogen-bond acceptors (Lipinski definition) is 7. The maximum Gasteiger partial charge on any atom is 0.238 e. The molecule has 1 aliphatic rings. The molecule has 2 heterocycles. The summed E-state index contributed by atoms with van der Waals surface area (Å²) in [7, 11) is 0. The Morgan fingerprint density at radius 1 is 1.16 bits per heavy atom. The fourth-order valence-electron chi connectivity index (χ4n) is 5.53. The molecular formula is C38H51FN8O2S. The second-order valence-corrected chi connectivity index (χ2v) is 12.5. The molecule has 4 rings (SSSR count). The number of benzene rings is 2. The van der Waals surface area contributed by atoms with Crippen molar-refractivity contribution >= 4 is 58.4 Å². The van der Waals surface area contributed by atoms with Gasteiger partial charge in [0.05, 0.1) is 17.3 Å². The van der Waals surface area contributed by atoms with Gasteiger partial charge in [0.1, 0.15) is 5.83 Å². The molecule has 3 aromatic rings. The highest BCUT2D eigenvalue weighted by Gasteiger charge is 2.26. The predicted molar refractivity (Wildman–Crippen MR) is 209 cm³/mol. The van der Waals surface area contributed by atoms with Crippen LogP contribution in [0.2, 0.25) is 0 Å². The molecule has 268 valence electrons. The molecule has 1 aromatic heterocycles. The smallest absolute Gasteiger partial charge is 0.238 e. The molecule has 2 atom stereocenters. The van der Waals surface area contributed by atoms with E-state index in [4.69, 9.17) is 0 Å². The van der Waals surface area contributed by atoms with Crippen LogP contribution in [0, 0.1) is 0 Å². The van der Waals surface area contributed by atoms with Gasteiger partial charge in [-0.25, -0.2) is 14.4 Å². The number of hydrogen-bond donors (Lipinski definition) is 2. The number of likely N-dealkylation sites (N-methyl/N-ethyl adjacent to an activating group) is 1. The van der Waals surface area contributed by atoms with E-state index in [1.54, 1.807) is 13.0 Å². The second kappa shape index (κ2) is 20.2. The number of halogens is 1. The summed E-state index contributed by atoms with van der Waals surface area (Å²) in [6.45, 7) is 20.8. The van der Waals surface area contributed by atoms with Crippen molar-refractivity contribution in [2.75, 3.05) is 62.3 Å². The van der Waals surface area contributed by atoms with Gasteiger partial charge in [-0.2, -0.15) is 16.9 Å². The number of piperazine rings is 1. The van der Waals surface area contributed by atoms with Crippen molar-refractivity contribution < 1.29 is 14.0 Å². The van der Waals surface area contributed by atoms with Crippen LogP contribution < -0.4 is 10.2 Å². The molecule has 2 N–H and O–H groups in total. The van der Waals surface area contributed by atoms with Gasteiger partial charge in [-0.3, -0.25) is 19.6 Å². The van der Waals surface area contributed by atoms with E-state index in [-0.39, 0.29) is 35.4 Å². The normalized spacial score (nSPS) is 15.1. The summed E-state index contributed by atoms with van der Waals surface area (Å²) in [6.07, 6.45) is 7.97. The van der Waals surface area contributed by atoms with Crippen LogP contribution in [-0.4, -0.2) is 102 Å². The number of aliphatic imine (C=N–C) groups is 2. The molecule has 0 saturated carbocycles. The summed E-state index contributed by atoms with van der Waals surface area (Å²) in [5.74, 6) is 0.0398. The molecule has 2 amide bonds. The number of nitrogens with zero attached hydrogens (tertiary/aromatic N) is 6. The maximum atomic E-state index is 13.6. The molecule has 50 heavy (non-hydrogen) atoms. The lowest BCUT2D eigenvalue weighted by Gasteiger charge is -2.37. The van der Waals surface area contributed by atoms with E-state index >= 15 is 0 Å². The summed E-state index contributed by atoms with van der Waals surface area (Å²) < 4.78 is 13.6. The van der Waals surface area contributed by atoms with Gasteiger partial charge in [-0.1, -0.05) is 46.4 Å². The number of carbonyl (C=O) groups is 2. The second-order valence-electron chi connectivity index (χ2n) is 11.4. The topological polar surface area (TPSA) is 109 Å². The van der Waals surface area contributed by atoms with Crippen LogP contribution in [0.1, 0.15) is 51.8 Å². The lowest BCUT2D eigenvalue weighted by Crippen LogP contribution is -2.52. The van der Waals surface area contributed by atoms with E-state index in [9.17, 15) is 14.0 Å². The number of allylic oxidation sites excluding steroid dienone is 4. The molecule has 1 aliphatic heterocycles. The molecular weight excluding hydrogens is 652 g/mol. The molecule has 2 aromatic carbocycles. The zero-order valence-electron chi connectivity index (χ0n) is 30.2. The minimum Gasteiger partial charge on any atom is -0.368 e. The van der Waals surface area contributed by atoms with E-state index in [1.807, 2.05) is 86.2 Å². The van der Waals surface area contributed by atoms with Crippen molar-refractivity contribution in [1.82, 2.24) is 20.0 Å². The third kappa shape index (κ3) is 10.7. The Morgan fingerprint density at radius 3 is 2.46 bits per heavy atom. The maximum absolute atomic E-state index is 13.6. The van der Waals surface area contributed by atoms with Gasteiger partial charge in [-0.15, -0.1) is 0 Å². The number of aromatic amines is 1. The van der Waals surface area contributed by atoms with E-state index in [0.717, 1.165) is 40.9 Å². The number of nitrogens with one attached hydrogen (secondary N) is 2. The Kier molecular flexibility index (Phi) is 16.1.